The van der Waals surface area contributed by atoms with Gasteiger partial charge in [-0.3, -0.25) is 4.79 Å². The van der Waals surface area contributed by atoms with Crippen LogP contribution >= 0.6 is 0 Å². The van der Waals surface area contributed by atoms with Crippen molar-refractivity contribution < 1.29 is 19.4 Å². The van der Waals surface area contributed by atoms with Crippen molar-refractivity contribution in [1.82, 2.24) is 5.32 Å². The number of benzene rings is 2. The van der Waals surface area contributed by atoms with Crippen LogP contribution in [0.15, 0.2) is 48.5 Å². The first-order chi connectivity index (χ1) is 11.5. The molecule has 1 atom stereocenters. The minimum absolute atomic E-state index is 0.0936. The lowest BCUT2D eigenvalue weighted by Gasteiger charge is -2.13. The molecule has 0 fully saturated rings. The molecule has 0 aliphatic carbocycles. The predicted octanol–water partition coefficient (Wildman–Crippen LogP) is 3.49. The maximum Gasteiger partial charge on any atom is 0.335 e. The Morgan fingerprint density at radius 3 is 2.46 bits per heavy atom. The minimum atomic E-state index is -0.969. The van der Waals surface area contributed by atoms with Crippen LogP contribution < -0.4 is 10.1 Å². The van der Waals surface area contributed by atoms with Crippen LogP contribution in [0.5, 0.6) is 5.75 Å². The van der Waals surface area contributed by atoms with Gasteiger partial charge in [-0.2, -0.15) is 0 Å². The Kier molecular flexibility index (Phi) is 5.95. The third kappa shape index (κ3) is 4.84. The van der Waals surface area contributed by atoms with E-state index in [1.165, 1.54) is 12.1 Å². The molecule has 2 N–H and O–H groups in total. The van der Waals surface area contributed by atoms with Crippen LogP contribution in [0.25, 0.3) is 0 Å². The Morgan fingerprint density at radius 1 is 1.12 bits per heavy atom. The van der Waals surface area contributed by atoms with E-state index in [2.05, 4.69) is 5.32 Å². The molecule has 2 rings (SSSR count). The number of amides is 1. The number of carbonyl (C=O) groups excluding carboxylic acids is 1. The Bertz CT molecular complexity index is 710. The molecule has 5 nitrogen and oxygen atoms in total. The first-order valence-corrected chi connectivity index (χ1v) is 7.86. The summed E-state index contributed by atoms with van der Waals surface area (Å²) in [6.07, 6.45) is 0.985. The highest BCUT2D eigenvalue weighted by Crippen LogP contribution is 2.16. The van der Waals surface area contributed by atoms with Crippen molar-refractivity contribution in [3.05, 3.63) is 65.2 Å². The molecule has 2 aromatic carbocycles. The molecule has 0 aromatic heterocycles. The highest BCUT2D eigenvalue weighted by molar-refractivity contribution is 5.94. The van der Waals surface area contributed by atoms with E-state index in [4.69, 9.17) is 9.84 Å². The van der Waals surface area contributed by atoms with Gasteiger partial charge in [0.05, 0.1) is 11.7 Å². The van der Waals surface area contributed by atoms with E-state index in [-0.39, 0.29) is 17.6 Å². The van der Waals surface area contributed by atoms with E-state index >= 15 is 0 Å². The maximum absolute atomic E-state index is 12.2. The van der Waals surface area contributed by atoms with E-state index in [0.29, 0.717) is 17.9 Å². The Labute approximate surface area is 141 Å². The van der Waals surface area contributed by atoms with Gasteiger partial charge in [0.2, 0.25) is 0 Å². The lowest BCUT2D eigenvalue weighted by atomic mass is 10.1. The molecule has 0 heterocycles. The van der Waals surface area contributed by atoms with Gasteiger partial charge in [-0.25, -0.2) is 4.79 Å². The molecule has 5 heteroatoms. The summed E-state index contributed by atoms with van der Waals surface area (Å²) >= 11 is 0. The van der Waals surface area contributed by atoms with Gasteiger partial charge in [0.25, 0.3) is 5.91 Å². The molecular weight excluding hydrogens is 306 g/mol. The van der Waals surface area contributed by atoms with Crippen LogP contribution in [0.2, 0.25) is 0 Å². The first-order valence-electron chi connectivity index (χ1n) is 7.86. The summed E-state index contributed by atoms with van der Waals surface area (Å²) in [5.41, 5.74) is 1.58. The zero-order chi connectivity index (χ0) is 17.5. The number of ether oxygens (including phenoxy) is 1. The van der Waals surface area contributed by atoms with Crippen LogP contribution in [0.4, 0.5) is 0 Å². The summed E-state index contributed by atoms with van der Waals surface area (Å²) in [6, 6.07) is 13.5. The zero-order valence-corrected chi connectivity index (χ0v) is 13.8. The van der Waals surface area contributed by atoms with Crippen LogP contribution in [-0.4, -0.2) is 23.1 Å². The number of hydrogen-bond donors (Lipinski definition) is 2. The van der Waals surface area contributed by atoms with E-state index in [9.17, 15) is 9.59 Å². The molecule has 0 spiro atoms. The number of aromatic carboxylic acids is 1. The molecule has 0 aliphatic heterocycles. The Morgan fingerprint density at radius 2 is 1.83 bits per heavy atom. The average molecular weight is 327 g/mol. The maximum atomic E-state index is 12.2. The quantitative estimate of drug-likeness (QED) is 0.816. The van der Waals surface area contributed by atoms with Crippen LogP contribution in [-0.2, 0) is 6.54 Å². The van der Waals surface area contributed by atoms with Gasteiger partial charge in [-0.1, -0.05) is 25.1 Å². The van der Waals surface area contributed by atoms with Gasteiger partial charge in [0.15, 0.2) is 0 Å². The zero-order valence-electron chi connectivity index (χ0n) is 13.8. The number of carboxylic acids is 1. The Balaban J connectivity index is 1.97. The van der Waals surface area contributed by atoms with Gasteiger partial charge in [0.1, 0.15) is 5.75 Å². The highest BCUT2D eigenvalue weighted by Gasteiger charge is 2.08. The van der Waals surface area contributed by atoms with E-state index in [0.717, 1.165) is 12.0 Å². The predicted molar refractivity (Wildman–Crippen MR) is 91.4 cm³/mol. The molecule has 2 aromatic rings. The minimum Gasteiger partial charge on any atom is -0.491 e. The van der Waals surface area contributed by atoms with Gasteiger partial charge >= 0.3 is 5.97 Å². The summed E-state index contributed by atoms with van der Waals surface area (Å²) in [5.74, 6) is -0.501. The third-order valence-electron chi connectivity index (χ3n) is 3.66. The van der Waals surface area contributed by atoms with Crippen molar-refractivity contribution in [3.63, 3.8) is 0 Å². The smallest absolute Gasteiger partial charge is 0.335 e. The van der Waals surface area contributed by atoms with Gasteiger partial charge in [0, 0.05) is 12.1 Å². The lowest BCUT2D eigenvalue weighted by molar-refractivity contribution is 0.0696. The summed E-state index contributed by atoms with van der Waals surface area (Å²) in [5, 5.41) is 11.7. The molecule has 0 aliphatic rings. The molecule has 24 heavy (non-hydrogen) atoms. The van der Waals surface area contributed by atoms with E-state index in [1.54, 1.807) is 30.3 Å². The van der Waals surface area contributed by atoms with Crippen molar-refractivity contribution in [2.24, 2.45) is 0 Å². The average Bonchev–Trinajstić information content (AvgIpc) is 2.60. The second-order valence-corrected chi connectivity index (χ2v) is 5.55. The number of rotatable bonds is 7. The van der Waals surface area contributed by atoms with Gasteiger partial charge in [-0.15, -0.1) is 0 Å². The van der Waals surface area contributed by atoms with Crippen LogP contribution in [0.3, 0.4) is 0 Å². The molecular formula is C19H21NO4. The molecule has 0 saturated heterocycles. The van der Waals surface area contributed by atoms with Gasteiger partial charge in [-0.05, 0) is 49.2 Å². The van der Waals surface area contributed by atoms with E-state index < -0.39 is 5.97 Å². The second-order valence-electron chi connectivity index (χ2n) is 5.55. The Hall–Kier alpha value is -2.82. The fourth-order valence-electron chi connectivity index (χ4n) is 2.08. The molecule has 0 unspecified atom stereocenters. The molecule has 0 bridgehead atoms. The van der Waals surface area contributed by atoms with E-state index in [1.807, 2.05) is 19.9 Å². The normalized spacial score (nSPS) is 11.6. The summed E-state index contributed by atoms with van der Waals surface area (Å²) in [4.78, 5) is 23.1. The number of carbonyl (C=O) groups is 2. The van der Waals surface area contributed by atoms with Crippen molar-refractivity contribution in [1.29, 1.82) is 0 Å². The monoisotopic (exact) mass is 327 g/mol. The molecule has 0 saturated carbocycles. The van der Waals surface area contributed by atoms with Gasteiger partial charge < -0.3 is 15.2 Å². The summed E-state index contributed by atoms with van der Waals surface area (Å²) < 4.78 is 5.72. The second kappa shape index (κ2) is 8.15. The first kappa shape index (κ1) is 17.5. The molecule has 1 amide bonds. The fraction of sp³-hybridized carbons (Fsp3) is 0.263. The lowest BCUT2D eigenvalue weighted by Crippen LogP contribution is -2.23. The standard InChI is InChI=1S/C19H21NO4/c1-3-13(2)24-17-6-4-5-16(11-17)18(21)20-12-14-7-9-15(10-8-14)19(22)23/h4-11,13H,3,12H2,1-2H3,(H,20,21)(H,22,23)/t13-/m0/s1. The van der Waals surface area contributed by atoms with Crippen molar-refractivity contribution in [2.75, 3.05) is 0 Å². The van der Waals surface area contributed by atoms with Crippen LogP contribution in [0.1, 0.15) is 46.5 Å². The largest absolute Gasteiger partial charge is 0.491 e. The topological polar surface area (TPSA) is 75.6 Å². The van der Waals surface area contributed by atoms with Crippen molar-refractivity contribution in [3.8, 4) is 5.75 Å². The summed E-state index contributed by atoms with van der Waals surface area (Å²) in [7, 11) is 0. The highest BCUT2D eigenvalue weighted by atomic mass is 16.5. The SMILES string of the molecule is CC[C@H](C)Oc1cccc(C(=O)NCc2ccc(C(=O)O)cc2)c1. The molecule has 0 radical (unpaired) electrons. The number of carboxylic acid groups (broad SMARTS) is 1. The fourth-order valence-corrected chi connectivity index (χ4v) is 2.08. The third-order valence-corrected chi connectivity index (χ3v) is 3.66. The number of nitrogens with one attached hydrogen (secondary N) is 1. The molecule has 126 valence electrons. The van der Waals surface area contributed by atoms with Crippen molar-refractivity contribution in [2.45, 2.75) is 32.9 Å². The number of hydrogen-bond acceptors (Lipinski definition) is 3. The summed E-state index contributed by atoms with van der Waals surface area (Å²) in [6.45, 7) is 4.35. The van der Waals surface area contributed by atoms with Crippen molar-refractivity contribution >= 4 is 11.9 Å². The van der Waals surface area contributed by atoms with Crippen LogP contribution in [0, 0.1) is 0 Å².